The number of rotatable bonds is 11. The largest absolute Gasteiger partial charge is 0.500 e. The smallest absolute Gasteiger partial charge is 0.377 e. The Morgan fingerprint density at radius 2 is 1.92 bits per heavy atom. The number of Topliss-reactive ketones (excluding diaryl/α,β-unsaturated/α-hetero) is 1. The van der Waals surface area contributed by atoms with E-state index in [1.165, 1.54) is 12.0 Å². The Kier molecular flexibility index (Phi) is 9.40. The van der Waals surface area contributed by atoms with E-state index < -0.39 is 8.80 Å². The average Bonchev–Trinajstić information content (AvgIpc) is 2.54. The summed E-state index contributed by atoms with van der Waals surface area (Å²) < 4.78 is 16.5. The van der Waals surface area contributed by atoms with E-state index in [1.807, 2.05) is 11.8 Å². The summed E-state index contributed by atoms with van der Waals surface area (Å²) in [7, 11) is 2.47. The molecule has 0 fully saturated rings. The first-order valence-corrected chi connectivity index (χ1v) is 12.1. The van der Waals surface area contributed by atoms with Gasteiger partial charge in [-0.3, -0.25) is 4.79 Å². The third-order valence-corrected chi connectivity index (χ3v) is 9.56. The summed E-state index contributed by atoms with van der Waals surface area (Å²) in [6.07, 6.45) is 6.32. The number of carbonyl (C=O) groups excluding carboxylic acids is 1. The second-order valence-electron chi connectivity index (χ2n) is 7.67. The molecule has 0 aromatic carbocycles. The van der Waals surface area contributed by atoms with Crippen molar-refractivity contribution in [2.75, 3.05) is 27.1 Å². The molecule has 0 spiro atoms. The predicted molar refractivity (Wildman–Crippen MR) is 108 cm³/mol. The highest BCUT2D eigenvalue weighted by Gasteiger charge is 2.40. The third-order valence-electron chi connectivity index (χ3n) is 5.34. The number of thioether (sulfide) groups is 1. The maximum atomic E-state index is 11.9. The molecule has 0 heterocycles. The molecular weight excluding hydrogens is 352 g/mol. The highest BCUT2D eigenvalue weighted by molar-refractivity contribution is 7.99. The van der Waals surface area contributed by atoms with Crippen LogP contribution in [0.4, 0.5) is 0 Å². The molecular formula is C19H36O4SSi. The van der Waals surface area contributed by atoms with Crippen molar-refractivity contribution in [3.05, 3.63) is 11.6 Å². The van der Waals surface area contributed by atoms with Crippen LogP contribution in [0.1, 0.15) is 53.4 Å². The zero-order valence-electron chi connectivity index (χ0n) is 17.0. The van der Waals surface area contributed by atoms with Gasteiger partial charge in [-0.05, 0) is 50.2 Å². The van der Waals surface area contributed by atoms with Crippen molar-refractivity contribution in [2.24, 2.45) is 11.3 Å². The van der Waals surface area contributed by atoms with Gasteiger partial charge >= 0.3 is 8.80 Å². The van der Waals surface area contributed by atoms with Crippen LogP contribution in [0.2, 0.25) is 6.04 Å². The van der Waals surface area contributed by atoms with Crippen LogP contribution in [-0.4, -0.2) is 46.9 Å². The van der Waals surface area contributed by atoms with Gasteiger partial charge in [-0.1, -0.05) is 25.5 Å². The number of hydrogen-bond acceptors (Lipinski definition) is 5. The van der Waals surface area contributed by atoms with Crippen LogP contribution >= 0.6 is 11.8 Å². The van der Waals surface area contributed by atoms with E-state index in [1.54, 1.807) is 28.3 Å². The number of ketones is 1. The van der Waals surface area contributed by atoms with Gasteiger partial charge in [0, 0.05) is 39.0 Å². The maximum absolute atomic E-state index is 11.9. The summed E-state index contributed by atoms with van der Waals surface area (Å²) in [6, 6.07) is 0.805. The summed E-state index contributed by atoms with van der Waals surface area (Å²) in [6.45, 7) is 8.64. The molecule has 6 heteroatoms. The molecule has 0 amide bonds. The first-order valence-electron chi connectivity index (χ1n) is 9.14. The Hall–Kier alpha value is -0.143. The number of allylic oxidation sites excluding steroid dienone is 2. The van der Waals surface area contributed by atoms with Crippen molar-refractivity contribution in [1.82, 2.24) is 0 Å². The minimum atomic E-state index is -2.49. The molecule has 0 saturated heterocycles. The van der Waals surface area contributed by atoms with E-state index in [9.17, 15) is 4.79 Å². The van der Waals surface area contributed by atoms with Gasteiger partial charge < -0.3 is 13.3 Å². The van der Waals surface area contributed by atoms with Crippen molar-refractivity contribution < 1.29 is 18.1 Å². The zero-order valence-corrected chi connectivity index (χ0v) is 18.8. The zero-order chi connectivity index (χ0) is 19.1. The molecule has 0 saturated carbocycles. The summed E-state index contributed by atoms with van der Waals surface area (Å²) in [5, 5.41) is 0.341. The van der Waals surface area contributed by atoms with E-state index in [4.69, 9.17) is 13.3 Å². The maximum Gasteiger partial charge on any atom is 0.500 e. The predicted octanol–water partition coefficient (Wildman–Crippen LogP) is 4.72. The van der Waals surface area contributed by atoms with Gasteiger partial charge in [0.2, 0.25) is 0 Å². The van der Waals surface area contributed by atoms with Crippen LogP contribution in [0.5, 0.6) is 0 Å². The Morgan fingerprint density at radius 1 is 1.32 bits per heavy atom. The van der Waals surface area contributed by atoms with Crippen LogP contribution in [0.15, 0.2) is 11.6 Å². The van der Waals surface area contributed by atoms with E-state index in [0.717, 1.165) is 24.6 Å². The summed E-state index contributed by atoms with van der Waals surface area (Å²) >= 11 is 1.93. The lowest BCUT2D eigenvalue weighted by Gasteiger charge is -2.43. The second kappa shape index (κ2) is 10.3. The Labute approximate surface area is 159 Å². The van der Waals surface area contributed by atoms with E-state index in [2.05, 4.69) is 26.8 Å². The lowest BCUT2D eigenvalue weighted by Crippen LogP contribution is -2.42. The van der Waals surface area contributed by atoms with Crippen LogP contribution in [-0.2, 0) is 18.1 Å². The number of carbonyl (C=O) groups is 1. The molecule has 2 unspecified atom stereocenters. The highest BCUT2D eigenvalue weighted by atomic mass is 32.2. The van der Waals surface area contributed by atoms with Crippen molar-refractivity contribution in [3.63, 3.8) is 0 Å². The standard InChI is InChI=1S/C19H36O4SSi/c1-15-10-8-11-19(3,4)18(15)17(14-16(2)20)24-12-9-13-25(21-5,22-6)23-7/h10,17-18H,8-9,11-14H2,1-7H3. The summed E-state index contributed by atoms with van der Waals surface area (Å²) in [5.41, 5.74) is 1.69. The van der Waals surface area contributed by atoms with Gasteiger partial charge in [-0.25, -0.2) is 0 Å². The van der Waals surface area contributed by atoms with Gasteiger partial charge in [-0.15, -0.1) is 0 Å². The first-order chi connectivity index (χ1) is 11.7. The van der Waals surface area contributed by atoms with Crippen molar-refractivity contribution in [3.8, 4) is 0 Å². The van der Waals surface area contributed by atoms with Crippen molar-refractivity contribution in [2.45, 2.75) is 64.7 Å². The molecule has 0 radical (unpaired) electrons. The van der Waals surface area contributed by atoms with Gasteiger partial charge in [0.1, 0.15) is 5.78 Å². The lowest BCUT2D eigenvalue weighted by atomic mass is 9.66. The van der Waals surface area contributed by atoms with Crippen molar-refractivity contribution in [1.29, 1.82) is 0 Å². The van der Waals surface area contributed by atoms with Crippen LogP contribution in [0.3, 0.4) is 0 Å². The molecule has 0 N–H and O–H groups in total. The quantitative estimate of drug-likeness (QED) is 0.291. The Bertz CT molecular complexity index is 452. The van der Waals surface area contributed by atoms with Gasteiger partial charge in [-0.2, -0.15) is 11.8 Å². The molecule has 0 aliphatic heterocycles. The lowest BCUT2D eigenvalue weighted by molar-refractivity contribution is -0.117. The average molecular weight is 389 g/mol. The highest BCUT2D eigenvalue weighted by Crippen LogP contribution is 2.47. The Balaban J connectivity index is 2.73. The van der Waals surface area contributed by atoms with Gasteiger partial charge in [0.15, 0.2) is 0 Å². The fourth-order valence-electron chi connectivity index (χ4n) is 4.00. The first kappa shape index (κ1) is 22.9. The van der Waals surface area contributed by atoms with Crippen LogP contribution in [0, 0.1) is 11.3 Å². The second-order valence-corrected chi connectivity index (χ2v) is 12.1. The van der Waals surface area contributed by atoms with E-state index in [0.29, 0.717) is 17.6 Å². The van der Waals surface area contributed by atoms with Crippen LogP contribution in [0.25, 0.3) is 0 Å². The summed E-state index contributed by atoms with van der Waals surface area (Å²) in [4.78, 5) is 11.9. The SMILES string of the molecule is CO[Si](CCCSC(CC(C)=O)C1C(C)=CCCC1(C)C)(OC)OC. The molecule has 0 bridgehead atoms. The molecule has 1 aliphatic rings. The molecule has 1 rings (SSSR count). The molecule has 2 atom stereocenters. The number of hydrogen-bond donors (Lipinski definition) is 0. The molecule has 0 aromatic heterocycles. The fraction of sp³-hybridized carbons (Fsp3) is 0.842. The van der Waals surface area contributed by atoms with E-state index in [-0.39, 0.29) is 11.2 Å². The monoisotopic (exact) mass is 388 g/mol. The molecule has 1 aliphatic carbocycles. The van der Waals surface area contributed by atoms with Gasteiger partial charge in [0.05, 0.1) is 0 Å². The summed E-state index contributed by atoms with van der Waals surface area (Å²) in [5.74, 6) is 1.73. The van der Waals surface area contributed by atoms with E-state index >= 15 is 0 Å². The topological polar surface area (TPSA) is 44.8 Å². The Morgan fingerprint density at radius 3 is 2.40 bits per heavy atom. The fourth-order valence-corrected chi connectivity index (χ4v) is 7.72. The minimum Gasteiger partial charge on any atom is -0.377 e. The van der Waals surface area contributed by atoms with Crippen molar-refractivity contribution >= 4 is 26.3 Å². The molecule has 0 aromatic rings. The minimum absolute atomic E-state index is 0.246. The normalized spacial score (nSPS) is 21.7. The molecule has 4 nitrogen and oxygen atoms in total. The third kappa shape index (κ3) is 6.51. The molecule has 25 heavy (non-hydrogen) atoms. The van der Waals surface area contributed by atoms with Crippen LogP contribution < -0.4 is 0 Å². The van der Waals surface area contributed by atoms with Gasteiger partial charge in [0.25, 0.3) is 0 Å². The molecule has 146 valence electrons.